The number of nitrogens with zero attached hydrogens (tertiary/aromatic N) is 1. The molecule has 1 atom stereocenters. The summed E-state index contributed by atoms with van der Waals surface area (Å²) in [7, 11) is 0. The first-order valence-electron chi connectivity index (χ1n) is 5.64. The zero-order valence-electron chi connectivity index (χ0n) is 9.93. The van der Waals surface area contributed by atoms with Gasteiger partial charge in [-0.05, 0) is 24.6 Å². The lowest BCUT2D eigenvalue weighted by Gasteiger charge is -2.14. The summed E-state index contributed by atoms with van der Waals surface area (Å²) >= 11 is 5.68. The molecule has 1 amide bonds. The SMILES string of the molecule is CC(NC(=O)c1ccc(Cl)nc1)c1ccccc1. The number of halogens is 1. The van der Waals surface area contributed by atoms with E-state index in [1.54, 1.807) is 12.1 Å². The van der Waals surface area contributed by atoms with E-state index in [0.717, 1.165) is 5.56 Å². The molecule has 0 radical (unpaired) electrons. The molecule has 0 saturated carbocycles. The molecule has 18 heavy (non-hydrogen) atoms. The van der Waals surface area contributed by atoms with Crippen LogP contribution in [0.2, 0.25) is 5.15 Å². The van der Waals surface area contributed by atoms with Gasteiger partial charge in [-0.2, -0.15) is 0 Å². The maximum Gasteiger partial charge on any atom is 0.253 e. The predicted octanol–water partition coefficient (Wildman–Crippen LogP) is 3.23. The van der Waals surface area contributed by atoms with Crippen LogP contribution in [0.25, 0.3) is 0 Å². The highest BCUT2D eigenvalue weighted by atomic mass is 35.5. The Kier molecular flexibility index (Phi) is 3.95. The van der Waals surface area contributed by atoms with Crippen LogP contribution in [0.1, 0.15) is 28.9 Å². The van der Waals surface area contributed by atoms with Gasteiger partial charge in [-0.3, -0.25) is 4.79 Å². The molecule has 2 aromatic rings. The van der Waals surface area contributed by atoms with Crippen LogP contribution >= 0.6 is 11.6 Å². The van der Waals surface area contributed by atoms with E-state index in [-0.39, 0.29) is 11.9 Å². The summed E-state index contributed by atoms with van der Waals surface area (Å²) in [5.41, 5.74) is 1.56. The van der Waals surface area contributed by atoms with Crippen molar-refractivity contribution in [2.75, 3.05) is 0 Å². The molecule has 1 aromatic heterocycles. The standard InChI is InChI=1S/C14H13ClN2O/c1-10(11-5-3-2-4-6-11)17-14(18)12-7-8-13(15)16-9-12/h2-10H,1H3,(H,17,18). The van der Waals surface area contributed by atoms with Gasteiger partial charge in [-0.25, -0.2) is 4.98 Å². The third kappa shape index (κ3) is 3.08. The second kappa shape index (κ2) is 5.65. The Hall–Kier alpha value is -1.87. The third-order valence-corrected chi connectivity index (χ3v) is 2.86. The van der Waals surface area contributed by atoms with Crippen molar-refractivity contribution in [1.82, 2.24) is 10.3 Å². The van der Waals surface area contributed by atoms with Gasteiger partial charge >= 0.3 is 0 Å². The molecule has 1 unspecified atom stereocenters. The van der Waals surface area contributed by atoms with Crippen molar-refractivity contribution in [2.24, 2.45) is 0 Å². The molecule has 0 fully saturated rings. The van der Waals surface area contributed by atoms with Gasteiger partial charge in [0.15, 0.2) is 0 Å². The maximum atomic E-state index is 11.9. The van der Waals surface area contributed by atoms with E-state index in [9.17, 15) is 4.79 Å². The van der Waals surface area contributed by atoms with E-state index < -0.39 is 0 Å². The molecule has 2 rings (SSSR count). The summed E-state index contributed by atoms with van der Waals surface area (Å²) in [5.74, 6) is -0.157. The quantitative estimate of drug-likeness (QED) is 0.861. The van der Waals surface area contributed by atoms with E-state index in [0.29, 0.717) is 10.7 Å². The Balaban J connectivity index is 2.06. The molecule has 0 bridgehead atoms. The first kappa shape index (κ1) is 12.6. The minimum Gasteiger partial charge on any atom is -0.345 e. The Morgan fingerprint density at radius 1 is 1.22 bits per heavy atom. The Bertz CT molecular complexity index is 525. The van der Waals surface area contributed by atoms with Crippen LogP contribution < -0.4 is 5.32 Å². The molecule has 92 valence electrons. The molecule has 1 aromatic carbocycles. The summed E-state index contributed by atoms with van der Waals surface area (Å²) in [6, 6.07) is 13.0. The fraction of sp³-hybridized carbons (Fsp3) is 0.143. The molecule has 1 heterocycles. The number of aromatic nitrogens is 1. The summed E-state index contributed by atoms with van der Waals surface area (Å²) in [6.45, 7) is 1.94. The normalized spacial score (nSPS) is 11.9. The first-order chi connectivity index (χ1) is 8.66. The smallest absolute Gasteiger partial charge is 0.253 e. The van der Waals surface area contributed by atoms with Crippen LogP contribution in [0, 0.1) is 0 Å². The van der Waals surface area contributed by atoms with Crippen molar-refractivity contribution in [3.8, 4) is 0 Å². The number of hydrogen-bond donors (Lipinski definition) is 1. The molecule has 4 heteroatoms. The Morgan fingerprint density at radius 2 is 1.94 bits per heavy atom. The molecule has 0 saturated heterocycles. The zero-order valence-corrected chi connectivity index (χ0v) is 10.7. The molecule has 0 aliphatic rings. The number of carbonyl (C=O) groups is 1. The van der Waals surface area contributed by atoms with Gasteiger partial charge < -0.3 is 5.32 Å². The molecule has 3 nitrogen and oxygen atoms in total. The van der Waals surface area contributed by atoms with Gasteiger partial charge in [0.1, 0.15) is 5.15 Å². The van der Waals surface area contributed by atoms with E-state index >= 15 is 0 Å². The minimum atomic E-state index is -0.157. The second-order valence-corrected chi connectivity index (χ2v) is 4.36. The predicted molar refractivity (Wildman–Crippen MR) is 71.6 cm³/mol. The molecule has 0 spiro atoms. The lowest BCUT2D eigenvalue weighted by atomic mass is 10.1. The highest BCUT2D eigenvalue weighted by molar-refractivity contribution is 6.29. The molecular weight excluding hydrogens is 248 g/mol. The number of amides is 1. The third-order valence-electron chi connectivity index (χ3n) is 2.64. The van der Waals surface area contributed by atoms with E-state index in [2.05, 4.69) is 10.3 Å². The number of pyridine rings is 1. The molecule has 0 aliphatic heterocycles. The van der Waals surface area contributed by atoms with Crippen molar-refractivity contribution in [2.45, 2.75) is 13.0 Å². The van der Waals surface area contributed by atoms with Crippen LogP contribution in [0.4, 0.5) is 0 Å². The van der Waals surface area contributed by atoms with Gasteiger partial charge in [-0.15, -0.1) is 0 Å². The minimum absolute atomic E-state index is 0.0469. The van der Waals surface area contributed by atoms with Crippen LogP contribution in [-0.4, -0.2) is 10.9 Å². The number of rotatable bonds is 3. The highest BCUT2D eigenvalue weighted by Gasteiger charge is 2.11. The van der Waals surface area contributed by atoms with E-state index in [4.69, 9.17) is 11.6 Å². The zero-order chi connectivity index (χ0) is 13.0. The number of hydrogen-bond acceptors (Lipinski definition) is 2. The van der Waals surface area contributed by atoms with Crippen molar-refractivity contribution >= 4 is 17.5 Å². The lowest BCUT2D eigenvalue weighted by Crippen LogP contribution is -2.26. The fourth-order valence-corrected chi connectivity index (χ4v) is 1.73. The van der Waals surface area contributed by atoms with E-state index in [1.807, 2.05) is 37.3 Å². The van der Waals surface area contributed by atoms with Crippen molar-refractivity contribution in [3.05, 3.63) is 64.9 Å². The summed E-state index contributed by atoms with van der Waals surface area (Å²) in [6.07, 6.45) is 1.47. The topological polar surface area (TPSA) is 42.0 Å². The van der Waals surface area contributed by atoms with Crippen LogP contribution in [0.15, 0.2) is 48.7 Å². The van der Waals surface area contributed by atoms with Crippen LogP contribution in [0.3, 0.4) is 0 Å². The van der Waals surface area contributed by atoms with Crippen LogP contribution in [0.5, 0.6) is 0 Å². The van der Waals surface area contributed by atoms with Gasteiger partial charge in [0.25, 0.3) is 5.91 Å². The number of nitrogens with one attached hydrogen (secondary N) is 1. The van der Waals surface area contributed by atoms with Gasteiger partial charge in [0.05, 0.1) is 11.6 Å². The molecule has 0 aliphatic carbocycles. The molecular formula is C14H13ClN2O. The number of carbonyl (C=O) groups excluding carboxylic acids is 1. The fourth-order valence-electron chi connectivity index (χ4n) is 1.62. The van der Waals surface area contributed by atoms with Crippen molar-refractivity contribution in [3.63, 3.8) is 0 Å². The summed E-state index contributed by atoms with van der Waals surface area (Å²) in [5, 5.41) is 3.29. The monoisotopic (exact) mass is 260 g/mol. The van der Waals surface area contributed by atoms with Gasteiger partial charge in [0.2, 0.25) is 0 Å². The lowest BCUT2D eigenvalue weighted by molar-refractivity contribution is 0.0939. The average molecular weight is 261 g/mol. The largest absolute Gasteiger partial charge is 0.345 e. The summed E-state index contributed by atoms with van der Waals surface area (Å²) < 4.78 is 0. The van der Waals surface area contributed by atoms with Gasteiger partial charge in [-0.1, -0.05) is 41.9 Å². The van der Waals surface area contributed by atoms with Crippen LogP contribution in [-0.2, 0) is 0 Å². The van der Waals surface area contributed by atoms with Gasteiger partial charge in [0, 0.05) is 6.20 Å². The first-order valence-corrected chi connectivity index (χ1v) is 6.02. The maximum absolute atomic E-state index is 11.9. The van der Waals surface area contributed by atoms with E-state index in [1.165, 1.54) is 6.20 Å². The second-order valence-electron chi connectivity index (χ2n) is 3.98. The van der Waals surface area contributed by atoms with Crippen molar-refractivity contribution in [1.29, 1.82) is 0 Å². The number of benzene rings is 1. The average Bonchev–Trinajstić information content (AvgIpc) is 2.40. The Morgan fingerprint density at radius 3 is 2.56 bits per heavy atom. The Labute approximate surface area is 111 Å². The summed E-state index contributed by atoms with van der Waals surface area (Å²) in [4.78, 5) is 15.8. The highest BCUT2D eigenvalue weighted by Crippen LogP contribution is 2.12. The molecule has 1 N–H and O–H groups in total. The van der Waals surface area contributed by atoms with Crippen molar-refractivity contribution < 1.29 is 4.79 Å².